The van der Waals surface area contributed by atoms with E-state index in [1.807, 2.05) is 36.5 Å². The Hall–Kier alpha value is -1.78. The van der Waals surface area contributed by atoms with Crippen molar-refractivity contribution < 1.29 is 10.2 Å². The van der Waals surface area contributed by atoms with Crippen LogP contribution in [-0.2, 0) is 6.42 Å². The van der Waals surface area contributed by atoms with Crippen LogP contribution in [0.4, 0.5) is 5.69 Å². The van der Waals surface area contributed by atoms with E-state index in [2.05, 4.69) is 4.98 Å². The van der Waals surface area contributed by atoms with Crippen LogP contribution < -0.4 is 5.73 Å². The summed E-state index contributed by atoms with van der Waals surface area (Å²) in [7, 11) is 0. The number of rotatable bonds is 4. The lowest BCUT2D eigenvalue weighted by Gasteiger charge is -2.12. The number of H-pyrrole nitrogens is 1. The van der Waals surface area contributed by atoms with Gasteiger partial charge in [0.1, 0.15) is 0 Å². The molecule has 0 saturated carbocycles. The molecule has 1 atom stereocenters. The molecule has 4 heteroatoms. The minimum Gasteiger partial charge on any atom is -0.398 e. The first kappa shape index (κ1) is 11.7. The number of aliphatic hydroxyl groups is 2. The van der Waals surface area contributed by atoms with Gasteiger partial charge in [0.15, 0.2) is 0 Å². The molecule has 1 heterocycles. The lowest BCUT2D eigenvalue weighted by atomic mass is 10.0. The second-order valence-electron chi connectivity index (χ2n) is 4.00. The third-order valence-corrected chi connectivity index (χ3v) is 2.75. The summed E-state index contributed by atoms with van der Waals surface area (Å²) in [5.41, 5.74) is 9.41. The van der Waals surface area contributed by atoms with Gasteiger partial charge in [0.2, 0.25) is 0 Å². The Kier molecular flexibility index (Phi) is 3.46. The van der Waals surface area contributed by atoms with Gasteiger partial charge in [0.05, 0.1) is 12.7 Å². The van der Waals surface area contributed by atoms with Gasteiger partial charge >= 0.3 is 0 Å². The van der Waals surface area contributed by atoms with Crippen LogP contribution in [-0.4, -0.2) is 27.9 Å². The van der Waals surface area contributed by atoms with Gasteiger partial charge in [0, 0.05) is 29.6 Å². The van der Waals surface area contributed by atoms with Gasteiger partial charge < -0.3 is 20.9 Å². The first-order valence-electron chi connectivity index (χ1n) is 5.52. The molecule has 0 aliphatic heterocycles. The standard InChI is InChI=1S/C13H16N2O2/c14-13-9(7-10(17)8-16)3-1-4-11(13)12-5-2-6-15-12/h1-6,10,15-17H,7-8,14H2. The van der Waals surface area contributed by atoms with E-state index in [4.69, 9.17) is 10.8 Å². The van der Waals surface area contributed by atoms with Crippen LogP contribution in [0.15, 0.2) is 36.5 Å². The largest absolute Gasteiger partial charge is 0.398 e. The molecule has 1 aromatic heterocycles. The van der Waals surface area contributed by atoms with E-state index in [1.54, 1.807) is 0 Å². The fourth-order valence-electron chi connectivity index (χ4n) is 1.84. The van der Waals surface area contributed by atoms with E-state index in [0.717, 1.165) is 16.8 Å². The average Bonchev–Trinajstić information content (AvgIpc) is 2.85. The number of nitrogens with two attached hydrogens (primary N) is 1. The molecule has 2 aromatic rings. The Morgan fingerprint density at radius 2 is 2.06 bits per heavy atom. The number of aromatic amines is 1. The Bertz CT molecular complexity index is 480. The number of anilines is 1. The monoisotopic (exact) mass is 232 g/mol. The first-order chi connectivity index (χ1) is 8.22. The second kappa shape index (κ2) is 5.03. The maximum Gasteiger partial charge on any atom is 0.0811 e. The molecule has 5 N–H and O–H groups in total. The SMILES string of the molecule is Nc1c(CC(O)CO)cccc1-c1ccc[nH]1. The molecule has 0 fully saturated rings. The van der Waals surface area contributed by atoms with Gasteiger partial charge in [0.25, 0.3) is 0 Å². The van der Waals surface area contributed by atoms with Crippen molar-refractivity contribution in [2.24, 2.45) is 0 Å². The zero-order chi connectivity index (χ0) is 12.3. The predicted molar refractivity (Wildman–Crippen MR) is 67.4 cm³/mol. The van der Waals surface area contributed by atoms with E-state index >= 15 is 0 Å². The van der Waals surface area contributed by atoms with Crippen molar-refractivity contribution in [3.63, 3.8) is 0 Å². The first-order valence-corrected chi connectivity index (χ1v) is 5.52. The highest BCUT2D eigenvalue weighted by atomic mass is 16.3. The van der Waals surface area contributed by atoms with Crippen molar-refractivity contribution in [3.8, 4) is 11.3 Å². The van der Waals surface area contributed by atoms with Gasteiger partial charge in [-0.15, -0.1) is 0 Å². The molecule has 17 heavy (non-hydrogen) atoms. The zero-order valence-electron chi connectivity index (χ0n) is 9.43. The van der Waals surface area contributed by atoms with E-state index < -0.39 is 6.10 Å². The highest BCUT2D eigenvalue weighted by molar-refractivity contribution is 5.76. The summed E-state index contributed by atoms with van der Waals surface area (Å²) in [4.78, 5) is 3.10. The normalized spacial score (nSPS) is 12.6. The Balaban J connectivity index is 2.34. The molecule has 0 radical (unpaired) electrons. The Morgan fingerprint density at radius 1 is 1.24 bits per heavy atom. The molecule has 0 aliphatic carbocycles. The summed E-state index contributed by atoms with van der Waals surface area (Å²) < 4.78 is 0. The minimum absolute atomic E-state index is 0.258. The fraction of sp³-hybridized carbons (Fsp3) is 0.231. The topological polar surface area (TPSA) is 82.3 Å². The number of nitrogens with one attached hydrogen (secondary N) is 1. The van der Waals surface area contributed by atoms with Gasteiger partial charge in [-0.2, -0.15) is 0 Å². The second-order valence-corrected chi connectivity index (χ2v) is 4.00. The number of aliphatic hydroxyl groups excluding tert-OH is 2. The molecule has 0 bridgehead atoms. The van der Waals surface area contributed by atoms with Gasteiger partial charge in [-0.25, -0.2) is 0 Å². The molecule has 0 spiro atoms. The average molecular weight is 232 g/mol. The third-order valence-electron chi connectivity index (χ3n) is 2.75. The Labute approximate surface area is 99.7 Å². The lowest BCUT2D eigenvalue weighted by molar-refractivity contribution is 0.0956. The number of hydrogen-bond donors (Lipinski definition) is 4. The number of para-hydroxylation sites is 1. The highest BCUT2D eigenvalue weighted by Crippen LogP contribution is 2.27. The molecular formula is C13H16N2O2. The molecule has 0 aliphatic rings. The summed E-state index contributed by atoms with van der Waals surface area (Å²) in [6, 6.07) is 9.53. The van der Waals surface area contributed by atoms with Crippen LogP contribution in [0.25, 0.3) is 11.3 Å². The molecule has 4 nitrogen and oxygen atoms in total. The van der Waals surface area contributed by atoms with E-state index in [0.29, 0.717) is 12.1 Å². The molecule has 0 saturated heterocycles. The molecule has 90 valence electrons. The van der Waals surface area contributed by atoms with Gasteiger partial charge in [-0.3, -0.25) is 0 Å². The summed E-state index contributed by atoms with van der Waals surface area (Å²) in [5, 5.41) is 18.3. The predicted octanol–water partition coefficient (Wildman–Crippen LogP) is 1.16. The molecule has 0 amide bonds. The van der Waals surface area contributed by atoms with Crippen molar-refractivity contribution in [2.45, 2.75) is 12.5 Å². The fourth-order valence-corrected chi connectivity index (χ4v) is 1.84. The summed E-state index contributed by atoms with van der Waals surface area (Å²) in [6.45, 7) is -0.258. The zero-order valence-corrected chi connectivity index (χ0v) is 9.43. The quantitative estimate of drug-likeness (QED) is 0.597. The van der Waals surface area contributed by atoms with Gasteiger partial charge in [-0.05, 0) is 17.7 Å². The van der Waals surface area contributed by atoms with Crippen LogP contribution in [0.3, 0.4) is 0 Å². The molecule has 1 aromatic carbocycles. The van der Waals surface area contributed by atoms with Crippen LogP contribution in [0.1, 0.15) is 5.56 Å². The summed E-state index contributed by atoms with van der Waals surface area (Å²) in [6.07, 6.45) is 1.43. The van der Waals surface area contributed by atoms with Crippen molar-refractivity contribution in [1.29, 1.82) is 0 Å². The Morgan fingerprint density at radius 3 is 2.71 bits per heavy atom. The minimum atomic E-state index is -0.767. The molecule has 2 rings (SSSR count). The highest BCUT2D eigenvalue weighted by Gasteiger charge is 2.10. The van der Waals surface area contributed by atoms with Crippen molar-refractivity contribution in [3.05, 3.63) is 42.1 Å². The van der Waals surface area contributed by atoms with E-state index in [1.165, 1.54) is 0 Å². The van der Waals surface area contributed by atoms with Crippen LogP contribution in [0, 0.1) is 0 Å². The van der Waals surface area contributed by atoms with Crippen molar-refractivity contribution >= 4 is 5.69 Å². The lowest BCUT2D eigenvalue weighted by Crippen LogP contribution is -2.16. The summed E-state index contributed by atoms with van der Waals surface area (Å²) >= 11 is 0. The van der Waals surface area contributed by atoms with Crippen LogP contribution >= 0.6 is 0 Å². The number of benzene rings is 1. The number of nitrogen functional groups attached to an aromatic ring is 1. The van der Waals surface area contributed by atoms with Gasteiger partial charge in [-0.1, -0.05) is 18.2 Å². The van der Waals surface area contributed by atoms with Crippen LogP contribution in [0.2, 0.25) is 0 Å². The maximum absolute atomic E-state index is 9.44. The number of aromatic nitrogens is 1. The van der Waals surface area contributed by atoms with Crippen LogP contribution in [0.5, 0.6) is 0 Å². The van der Waals surface area contributed by atoms with Crippen molar-refractivity contribution in [2.75, 3.05) is 12.3 Å². The third kappa shape index (κ3) is 2.49. The maximum atomic E-state index is 9.44. The molecule has 1 unspecified atom stereocenters. The van der Waals surface area contributed by atoms with Crippen molar-refractivity contribution in [1.82, 2.24) is 4.98 Å². The van der Waals surface area contributed by atoms with E-state index in [9.17, 15) is 5.11 Å². The number of hydrogen-bond acceptors (Lipinski definition) is 3. The summed E-state index contributed by atoms with van der Waals surface area (Å²) in [5.74, 6) is 0. The smallest absolute Gasteiger partial charge is 0.0811 e. The van der Waals surface area contributed by atoms with E-state index in [-0.39, 0.29) is 6.61 Å². The molecular weight excluding hydrogens is 216 g/mol.